The number of fused-ring (bicyclic) bond motifs is 3. The van der Waals surface area contributed by atoms with Crippen LogP contribution in [0.2, 0.25) is 0 Å². The molecule has 0 bridgehead atoms. The Kier molecular flexibility index (Phi) is 10.0. The highest BCUT2D eigenvalue weighted by molar-refractivity contribution is 5.92. The first-order valence-electron chi connectivity index (χ1n) is 16.4. The van der Waals surface area contributed by atoms with Gasteiger partial charge in [0.05, 0.1) is 6.42 Å². The molecule has 0 aromatic heterocycles. The molecule has 0 unspecified atom stereocenters. The Bertz CT molecular complexity index is 1840. The zero-order chi connectivity index (χ0) is 35.1. The standard InChI is InChI=1S/C41H37N3O6/c1-27(42-40(49)50-26-35-33-23-13-11-21-31(33)32-22-12-14-24-34(32)35)38(46)43-36(39(47)48)25-37(45)44-41(28-15-5-2-6-16-28,29-17-7-3-8-18-29)30-19-9-4-10-20-30/h2-24,27,35-36H,25-26H2,1H3,(H,42,49)(H,43,46)(H,44,45)(H,47,48)/t27-,36-/m0/s1. The number of ether oxygens (including phenoxy) is 1. The molecule has 1 aliphatic carbocycles. The maximum Gasteiger partial charge on any atom is 0.407 e. The van der Waals surface area contributed by atoms with Crippen LogP contribution in [0.4, 0.5) is 4.79 Å². The van der Waals surface area contributed by atoms with E-state index in [1.807, 2.05) is 140 Å². The van der Waals surface area contributed by atoms with E-state index in [2.05, 4.69) is 16.0 Å². The van der Waals surface area contributed by atoms with E-state index in [0.717, 1.165) is 38.9 Å². The minimum atomic E-state index is -1.57. The van der Waals surface area contributed by atoms with Gasteiger partial charge in [0.2, 0.25) is 11.8 Å². The van der Waals surface area contributed by atoms with Crippen molar-refractivity contribution in [1.29, 1.82) is 0 Å². The molecule has 6 rings (SSSR count). The van der Waals surface area contributed by atoms with Crippen molar-refractivity contribution in [3.8, 4) is 11.1 Å². The number of benzene rings is 5. The first-order valence-corrected chi connectivity index (χ1v) is 16.4. The summed E-state index contributed by atoms with van der Waals surface area (Å²) in [5, 5.41) is 18.1. The number of carboxylic acids is 1. The van der Waals surface area contributed by atoms with Crippen LogP contribution in [0.5, 0.6) is 0 Å². The third-order valence-corrected chi connectivity index (χ3v) is 9.02. The lowest BCUT2D eigenvalue weighted by molar-refractivity contribution is -0.144. The lowest BCUT2D eigenvalue weighted by atomic mass is 9.77. The fraction of sp³-hybridized carbons (Fsp3) is 0.171. The van der Waals surface area contributed by atoms with Gasteiger partial charge in [0, 0.05) is 5.92 Å². The second-order valence-corrected chi connectivity index (χ2v) is 12.2. The molecule has 5 aromatic rings. The third kappa shape index (κ3) is 6.98. The number of amides is 3. The van der Waals surface area contributed by atoms with Gasteiger partial charge in [-0.15, -0.1) is 0 Å². The average Bonchev–Trinajstić information content (AvgIpc) is 3.47. The normalized spacial score (nSPS) is 13.2. The highest BCUT2D eigenvalue weighted by Crippen LogP contribution is 2.44. The highest BCUT2D eigenvalue weighted by Gasteiger charge is 2.39. The fourth-order valence-corrected chi connectivity index (χ4v) is 6.61. The van der Waals surface area contributed by atoms with E-state index in [-0.39, 0.29) is 12.5 Å². The van der Waals surface area contributed by atoms with Crippen molar-refractivity contribution in [2.24, 2.45) is 0 Å². The van der Waals surface area contributed by atoms with Crippen LogP contribution < -0.4 is 16.0 Å². The quantitative estimate of drug-likeness (QED) is 0.121. The van der Waals surface area contributed by atoms with Crippen LogP contribution >= 0.6 is 0 Å². The van der Waals surface area contributed by atoms with Gasteiger partial charge in [0.25, 0.3) is 0 Å². The van der Waals surface area contributed by atoms with Crippen LogP contribution in [0, 0.1) is 0 Å². The zero-order valence-corrected chi connectivity index (χ0v) is 27.4. The van der Waals surface area contributed by atoms with Crippen LogP contribution in [0.25, 0.3) is 11.1 Å². The molecule has 252 valence electrons. The number of hydrogen-bond acceptors (Lipinski definition) is 5. The highest BCUT2D eigenvalue weighted by atomic mass is 16.5. The van der Waals surface area contributed by atoms with Gasteiger partial charge in [-0.1, -0.05) is 140 Å². The Morgan fingerprint density at radius 3 is 1.56 bits per heavy atom. The van der Waals surface area contributed by atoms with E-state index in [0.29, 0.717) is 0 Å². The van der Waals surface area contributed by atoms with Gasteiger partial charge in [0.1, 0.15) is 24.2 Å². The minimum absolute atomic E-state index is 0.0537. The summed E-state index contributed by atoms with van der Waals surface area (Å²) in [6.45, 7) is 1.47. The van der Waals surface area contributed by atoms with Gasteiger partial charge in [0.15, 0.2) is 0 Å². The van der Waals surface area contributed by atoms with Crippen molar-refractivity contribution in [2.75, 3.05) is 6.61 Å². The lowest BCUT2D eigenvalue weighted by Crippen LogP contribution is -2.53. The lowest BCUT2D eigenvalue weighted by Gasteiger charge is -2.37. The summed E-state index contributed by atoms with van der Waals surface area (Å²) in [4.78, 5) is 52.1. The third-order valence-electron chi connectivity index (χ3n) is 9.02. The smallest absolute Gasteiger partial charge is 0.407 e. The molecule has 0 heterocycles. The van der Waals surface area contributed by atoms with E-state index < -0.39 is 47.9 Å². The summed E-state index contributed by atoms with van der Waals surface area (Å²) in [6, 6.07) is 41.4. The molecule has 0 saturated heterocycles. The second kappa shape index (κ2) is 14.9. The monoisotopic (exact) mass is 667 g/mol. The van der Waals surface area contributed by atoms with E-state index in [9.17, 15) is 24.3 Å². The van der Waals surface area contributed by atoms with Crippen molar-refractivity contribution < 1.29 is 29.0 Å². The molecular weight excluding hydrogens is 630 g/mol. The molecular formula is C41H37N3O6. The first-order chi connectivity index (χ1) is 24.3. The Morgan fingerprint density at radius 2 is 1.10 bits per heavy atom. The molecule has 3 amide bonds. The van der Waals surface area contributed by atoms with Gasteiger partial charge in [-0.05, 0) is 45.9 Å². The molecule has 1 aliphatic rings. The van der Waals surface area contributed by atoms with Crippen LogP contribution in [0.3, 0.4) is 0 Å². The molecule has 0 fully saturated rings. The van der Waals surface area contributed by atoms with Crippen LogP contribution in [0.1, 0.15) is 47.1 Å². The second-order valence-electron chi connectivity index (χ2n) is 12.2. The van der Waals surface area contributed by atoms with Crippen molar-refractivity contribution >= 4 is 23.9 Å². The molecule has 5 aromatic carbocycles. The molecule has 0 spiro atoms. The van der Waals surface area contributed by atoms with E-state index in [1.54, 1.807) is 0 Å². The minimum Gasteiger partial charge on any atom is -0.480 e. The summed E-state index contributed by atoms with van der Waals surface area (Å²) in [6.07, 6.45) is -1.38. The Hall–Kier alpha value is -6.22. The number of carbonyl (C=O) groups excluding carboxylic acids is 3. The average molecular weight is 668 g/mol. The number of nitrogens with one attached hydrogen (secondary N) is 3. The number of alkyl carbamates (subject to hydrolysis) is 1. The first kappa shape index (κ1) is 33.7. The predicted octanol–water partition coefficient (Wildman–Crippen LogP) is 5.98. The maximum atomic E-state index is 13.8. The maximum absolute atomic E-state index is 13.8. The number of hydrogen-bond donors (Lipinski definition) is 4. The fourth-order valence-electron chi connectivity index (χ4n) is 6.61. The van der Waals surface area contributed by atoms with Crippen LogP contribution in [-0.4, -0.2) is 47.7 Å². The van der Waals surface area contributed by atoms with Gasteiger partial charge in [-0.25, -0.2) is 9.59 Å². The SMILES string of the molecule is C[C@H](NC(=O)OCC1c2ccccc2-c2ccccc21)C(=O)N[C@@H](CC(=O)NC(c1ccccc1)(c1ccccc1)c1ccccc1)C(=O)O. The van der Waals surface area contributed by atoms with E-state index in [4.69, 9.17) is 4.74 Å². The van der Waals surface area contributed by atoms with Crippen LogP contribution in [-0.2, 0) is 24.7 Å². The van der Waals surface area contributed by atoms with Crippen LogP contribution in [0.15, 0.2) is 140 Å². The van der Waals surface area contributed by atoms with Gasteiger partial charge < -0.3 is 25.8 Å². The molecule has 0 aliphatic heterocycles. The van der Waals surface area contributed by atoms with Crippen molar-refractivity contribution in [3.63, 3.8) is 0 Å². The number of rotatable bonds is 12. The number of carboxylic acid groups (broad SMARTS) is 1. The van der Waals surface area contributed by atoms with E-state index in [1.165, 1.54) is 6.92 Å². The van der Waals surface area contributed by atoms with Crippen molar-refractivity contribution in [3.05, 3.63) is 167 Å². The molecule has 9 heteroatoms. The molecule has 9 nitrogen and oxygen atoms in total. The van der Waals surface area contributed by atoms with Gasteiger partial charge in [-0.3, -0.25) is 9.59 Å². The topological polar surface area (TPSA) is 134 Å². The molecule has 4 N–H and O–H groups in total. The molecule has 0 saturated carbocycles. The predicted molar refractivity (Wildman–Crippen MR) is 189 cm³/mol. The number of aliphatic carboxylic acids is 1. The zero-order valence-electron chi connectivity index (χ0n) is 27.4. The largest absolute Gasteiger partial charge is 0.480 e. The molecule has 0 radical (unpaired) electrons. The van der Waals surface area contributed by atoms with Crippen molar-refractivity contribution in [1.82, 2.24) is 16.0 Å². The Balaban J connectivity index is 1.12. The Morgan fingerprint density at radius 1 is 0.660 bits per heavy atom. The summed E-state index contributed by atoms with van der Waals surface area (Å²) >= 11 is 0. The van der Waals surface area contributed by atoms with Gasteiger partial charge >= 0.3 is 12.1 Å². The Labute approximate surface area is 290 Å². The molecule has 50 heavy (non-hydrogen) atoms. The van der Waals surface area contributed by atoms with E-state index >= 15 is 0 Å². The summed E-state index contributed by atoms with van der Waals surface area (Å²) < 4.78 is 5.55. The summed E-state index contributed by atoms with van der Waals surface area (Å²) in [5.41, 5.74) is 5.40. The summed E-state index contributed by atoms with van der Waals surface area (Å²) in [7, 11) is 0. The van der Waals surface area contributed by atoms with Gasteiger partial charge in [-0.2, -0.15) is 0 Å². The molecule has 2 atom stereocenters. The summed E-state index contributed by atoms with van der Waals surface area (Å²) in [5.74, 6) is -2.95. The van der Waals surface area contributed by atoms with Crippen molar-refractivity contribution in [2.45, 2.75) is 36.9 Å². The number of carbonyl (C=O) groups is 4.